The van der Waals surface area contributed by atoms with Crippen molar-refractivity contribution in [3.05, 3.63) is 58.5 Å². The van der Waals surface area contributed by atoms with Gasteiger partial charge in [0.2, 0.25) is 0 Å². The van der Waals surface area contributed by atoms with Crippen LogP contribution in [-0.2, 0) is 19.6 Å². The maximum absolute atomic E-state index is 4.59. The third-order valence-electron chi connectivity index (χ3n) is 4.55. The third-order valence-corrected chi connectivity index (χ3v) is 4.55. The molecular weight excluding hydrogens is 284 g/mol. The second-order valence-corrected chi connectivity index (χ2v) is 6.00. The van der Waals surface area contributed by atoms with Gasteiger partial charge in [-0.1, -0.05) is 18.2 Å². The smallest absolute Gasteiger partial charge is 0.0749 e. The van der Waals surface area contributed by atoms with Crippen LogP contribution in [0.1, 0.15) is 35.0 Å². The Morgan fingerprint density at radius 1 is 1.04 bits per heavy atom. The molecule has 1 N–H and O–H groups in total. The average Bonchev–Trinajstić information content (AvgIpc) is 2.84. The minimum absolute atomic E-state index is 0.816. The second-order valence-electron chi connectivity index (χ2n) is 6.00. The molecule has 0 bridgehead atoms. The molecular formula is C19H24N4. The number of aromatic nitrogens is 3. The zero-order valence-corrected chi connectivity index (χ0v) is 14.3. The van der Waals surface area contributed by atoms with Crippen molar-refractivity contribution in [2.24, 2.45) is 0 Å². The van der Waals surface area contributed by atoms with Crippen molar-refractivity contribution in [2.75, 3.05) is 0 Å². The van der Waals surface area contributed by atoms with Gasteiger partial charge in [0.15, 0.2) is 0 Å². The lowest BCUT2D eigenvalue weighted by Gasteiger charge is -2.11. The van der Waals surface area contributed by atoms with Gasteiger partial charge in [0.05, 0.1) is 11.2 Å². The molecule has 0 atom stereocenters. The van der Waals surface area contributed by atoms with E-state index in [2.05, 4.69) is 66.0 Å². The molecule has 2 aromatic heterocycles. The lowest BCUT2D eigenvalue weighted by Crippen LogP contribution is -2.15. The molecule has 4 nitrogen and oxygen atoms in total. The Morgan fingerprint density at radius 3 is 2.57 bits per heavy atom. The number of fused-ring (bicyclic) bond motifs is 1. The van der Waals surface area contributed by atoms with E-state index in [0.717, 1.165) is 30.8 Å². The summed E-state index contributed by atoms with van der Waals surface area (Å²) in [5.41, 5.74) is 7.33. The van der Waals surface area contributed by atoms with E-state index in [9.17, 15) is 0 Å². The molecule has 0 aliphatic heterocycles. The van der Waals surface area contributed by atoms with Crippen molar-refractivity contribution in [3.8, 4) is 0 Å². The topological polar surface area (TPSA) is 42.7 Å². The van der Waals surface area contributed by atoms with E-state index in [0.29, 0.717) is 0 Å². The van der Waals surface area contributed by atoms with Crippen molar-refractivity contribution < 1.29 is 0 Å². The number of benzene rings is 1. The molecule has 0 saturated heterocycles. The summed E-state index contributed by atoms with van der Waals surface area (Å²) in [7, 11) is 0. The third kappa shape index (κ3) is 2.99. The SMILES string of the molecule is CCn1nc(C)c(CNCc2c(C)ccc3cccnc23)c1C. The molecule has 0 unspecified atom stereocenters. The predicted octanol–water partition coefficient (Wildman–Crippen LogP) is 3.67. The predicted molar refractivity (Wildman–Crippen MR) is 94.4 cm³/mol. The van der Waals surface area contributed by atoms with Gasteiger partial charge in [0.25, 0.3) is 0 Å². The zero-order valence-electron chi connectivity index (χ0n) is 14.3. The van der Waals surface area contributed by atoms with Crippen LogP contribution >= 0.6 is 0 Å². The van der Waals surface area contributed by atoms with Gasteiger partial charge in [-0.05, 0) is 44.9 Å². The van der Waals surface area contributed by atoms with Crippen LogP contribution in [0.3, 0.4) is 0 Å². The Labute approximate surface area is 137 Å². The summed E-state index contributed by atoms with van der Waals surface area (Å²) in [6, 6.07) is 8.42. The van der Waals surface area contributed by atoms with E-state index in [1.54, 1.807) is 0 Å². The Bertz CT molecular complexity index is 833. The highest BCUT2D eigenvalue weighted by atomic mass is 15.3. The summed E-state index contributed by atoms with van der Waals surface area (Å²) < 4.78 is 2.07. The highest BCUT2D eigenvalue weighted by Crippen LogP contribution is 2.20. The molecule has 3 rings (SSSR count). The van der Waals surface area contributed by atoms with Crippen LogP contribution in [0.5, 0.6) is 0 Å². The molecule has 0 radical (unpaired) electrons. The molecule has 2 heterocycles. The molecule has 120 valence electrons. The summed E-state index contributed by atoms with van der Waals surface area (Å²) in [6.45, 7) is 11.1. The Balaban J connectivity index is 1.80. The average molecular weight is 308 g/mol. The van der Waals surface area contributed by atoms with Crippen molar-refractivity contribution >= 4 is 10.9 Å². The van der Waals surface area contributed by atoms with Gasteiger partial charge in [-0.15, -0.1) is 0 Å². The fourth-order valence-electron chi connectivity index (χ4n) is 3.14. The summed E-state index contributed by atoms with van der Waals surface area (Å²) >= 11 is 0. The van der Waals surface area contributed by atoms with Crippen LogP contribution in [0, 0.1) is 20.8 Å². The van der Waals surface area contributed by atoms with Crippen molar-refractivity contribution in [2.45, 2.75) is 47.3 Å². The second kappa shape index (κ2) is 6.50. The quantitative estimate of drug-likeness (QED) is 0.782. The maximum atomic E-state index is 4.59. The standard InChI is InChI=1S/C19H24N4/c1-5-23-15(4)18(14(3)22-23)12-20-11-17-13(2)8-9-16-7-6-10-21-19(16)17/h6-10,20H,5,11-12H2,1-4H3. The lowest BCUT2D eigenvalue weighted by atomic mass is 10.0. The van der Waals surface area contributed by atoms with Crippen molar-refractivity contribution in [3.63, 3.8) is 0 Å². The van der Waals surface area contributed by atoms with Crippen LogP contribution in [0.25, 0.3) is 10.9 Å². The van der Waals surface area contributed by atoms with Crippen LogP contribution in [0.2, 0.25) is 0 Å². The van der Waals surface area contributed by atoms with Crippen molar-refractivity contribution in [1.29, 1.82) is 0 Å². The molecule has 0 fully saturated rings. The van der Waals surface area contributed by atoms with Gasteiger partial charge in [-0.3, -0.25) is 9.67 Å². The number of hydrogen-bond donors (Lipinski definition) is 1. The Hall–Kier alpha value is -2.20. The number of pyridine rings is 1. The molecule has 0 spiro atoms. The fourth-order valence-corrected chi connectivity index (χ4v) is 3.14. The van der Waals surface area contributed by atoms with Crippen LogP contribution < -0.4 is 5.32 Å². The molecule has 0 aliphatic rings. The molecule has 0 amide bonds. The van der Waals surface area contributed by atoms with Crippen LogP contribution in [-0.4, -0.2) is 14.8 Å². The number of nitrogens with one attached hydrogen (secondary N) is 1. The van der Waals surface area contributed by atoms with E-state index in [-0.39, 0.29) is 0 Å². The van der Waals surface area contributed by atoms with Crippen molar-refractivity contribution in [1.82, 2.24) is 20.1 Å². The van der Waals surface area contributed by atoms with Gasteiger partial charge in [-0.25, -0.2) is 0 Å². The largest absolute Gasteiger partial charge is 0.308 e. The van der Waals surface area contributed by atoms with Crippen LogP contribution in [0.15, 0.2) is 30.5 Å². The minimum Gasteiger partial charge on any atom is -0.308 e. The molecule has 4 heteroatoms. The number of aryl methyl sites for hydroxylation is 3. The molecule has 3 aromatic rings. The summed E-state index contributed by atoms with van der Waals surface area (Å²) in [4.78, 5) is 4.56. The first kappa shape index (κ1) is 15.7. The fraction of sp³-hybridized carbons (Fsp3) is 0.368. The first-order valence-corrected chi connectivity index (χ1v) is 8.18. The van der Waals surface area contributed by atoms with Gasteiger partial charge in [0.1, 0.15) is 0 Å². The summed E-state index contributed by atoms with van der Waals surface area (Å²) in [5, 5.41) is 9.36. The van der Waals surface area contributed by atoms with Gasteiger partial charge in [-0.2, -0.15) is 5.10 Å². The van der Waals surface area contributed by atoms with E-state index >= 15 is 0 Å². The van der Waals surface area contributed by atoms with Gasteiger partial charge in [0, 0.05) is 42.5 Å². The molecule has 0 aliphatic carbocycles. The highest BCUT2D eigenvalue weighted by Gasteiger charge is 2.11. The summed E-state index contributed by atoms with van der Waals surface area (Å²) in [6.07, 6.45) is 1.87. The maximum Gasteiger partial charge on any atom is 0.0749 e. The van der Waals surface area contributed by atoms with E-state index < -0.39 is 0 Å². The zero-order chi connectivity index (χ0) is 16.4. The van der Waals surface area contributed by atoms with Gasteiger partial charge < -0.3 is 5.32 Å². The number of nitrogens with zero attached hydrogens (tertiary/aromatic N) is 3. The Kier molecular flexibility index (Phi) is 4.44. The number of hydrogen-bond acceptors (Lipinski definition) is 3. The molecule has 0 saturated carbocycles. The van der Waals surface area contributed by atoms with E-state index in [1.807, 2.05) is 12.3 Å². The minimum atomic E-state index is 0.816. The molecule has 1 aromatic carbocycles. The van der Waals surface area contributed by atoms with E-state index in [4.69, 9.17) is 0 Å². The number of rotatable bonds is 5. The normalized spacial score (nSPS) is 11.3. The monoisotopic (exact) mass is 308 g/mol. The molecule has 23 heavy (non-hydrogen) atoms. The lowest BCUT2D eigenvalue weighted by molar-refractivity contribution is 0.630. The van der Waals surface area contributed by atoms with E-state index in [1.165, 1.54) is 27.8 Å². The first-order valence-electron chi connectivity index (χ1n) is 8.18. The van der Waals surface area contributed by atoms with Gasteiger partial charge >= 0.3 is 0 Å². The summed E-state index contributed by atoms with van der Waals surface area (Å²) in [5.74, 6) is 0. The highest BCUT2D eigenvalue weighted by molar-refractivity contribution is 5.82. The first-order chi connectivity index (χ1) is 11.1. The van der Waals surface area contributed by atoms with Crippen LogP contribution in [0.4, 0.5) is 0 Å². The Morgan fingerprint density at radius 2 is 1.83 bits per heavy atom.